The third kappa shape index (κ3) is 6.28. The number of anilines is 5. The summed E-state index contributed by atoms with van der Waals surface area (Å²) in [5, 5.41) is 5.90. The van der Waals surface area contributed by atoms with Gasteiger partial charge in [-0.2, -0.15) is 13.2 Å². The molecular weight excluding hydrogens is 535 g/mol. The van der Waals surface area contributed by atoms with Crippen molar-refractivity contribution in [2.75, 3.05) is 35.8 Å². The lowest BCUT2D eigenvalue weighted by Gasteiger charge is -2.24. The van der Waals surface area contributed by atoms with E-state index in [4.69, 9.17) is 9.72 Å². The Labute approximate surface area is 233 Å². The topological polar surface area (TPSA) is 108 Å². The highest BCUT2D eigenvalue weighted by Gasteiger charge is 2.31. The first-order valence-corrected chi connectivity index (χ1v) is 12.6. The standard InChI is InChI=1S/C29H26F3N7O2/c1-18-10-11-21(36-27(40)19-6-5-7-20(14-19)29(30,31)32)15-24(18)39(28-37-22-8-3-4-9-23(22)38-28)26-16-25(34-17-35-26)33-12-13-41-2/h3-11,14-17H,12-13H2,1-2H3,(H,36,40)(H,37,38)(H,33,34,35). The summed E-state index contributed by atoms with van der Waals surface area (Å²) < 4.78 is 44.7. The average molecular weight is 562 g/mol. The number of nitrogens with one attached hydrogen (secondary N) is 3. The Balaban J connectivity index is 1.53. The van der Waals surface area contributed by atoms with Gasteiger partial charge in [-0.05, 0) is 55.0 Å². The molecule has 0 unspecified atom stereocenters. The average Bonchev–Trinajstić information content (AvgIpc) is 3.38. The molecule has 12 heteroatoms. The number of H-pyrrole nitrogens is 1. The minimum atomic E-state index is -4.56. The van der Waals surface area contributed by atoms with Crippen LogP contribution in [0.3, 0.4) is 0 Å². The molecule has 0 saturated heterocycles. The summed E-state index contributed by atoms with van der Waals surface area (Å²) in [6.07, 6.45) is -3.13. The van der Waals surface area contributed by atoms with Crippen molar-refractivity contribution >= 4 is 45.9 Å². The van der Waals surface area contributed by atoms with Crippen molar-refractivity contribution in [1.29, 1.82) is 0 Å². The van der Waals surface area contributed by atoms with Crippen molar-refractivity contribution in [2.24, 2.45) is 0 Å². The summed E-state index contributed by atoms with van der Waals surface area (Å²) in [6.45, 7) is 2.91. The molecule has 0 radical (unpaired) electrons. The lowest BCUT2D eigenvalue weighted by molar-refractivity contribution is -0.137. The van der Waals surface area contributed by atoms with Crippen LogP contribution < -0.4 is 15.5 Å². The van der Waals surface area contributed by atoms with Crippen LogP contribution in [0.15, 0.2) is 79.1 Å². The van der Waals surface area contributed by atoms with Crippen LogP contribution in [-0.4, -0.2) is 46.1 Å². The van der Waals surface area contributed by atoms with E-state index in [1.165, 1.54) is 18.5 Å². The molecule has 41 heavy (non-hydrogen) atoms. The number of hydrogen-bond acceptors (Lipinski definition) is 7. The van der Waals surface area contributed by atoms with E-state index in [1.807, 2.05) is 31.2 Å². The number of amides is 1. The Morgan fingerprint density at radius 2 is 1.85 bits per heavy atom. The quantitative estimate of drug-likeness (QED) is 0.177. The van der Waals surface area contributed by atoms with Crippen LogP contribution in [0.25, 0.3) is 11.0 Å². The van der Waals surface area contributed by atoms with Crippen molar-refractivity contribution in [3.63, 3.8) is 0 Å². The summed E-state index contributed by atoms with van der Waals surface area (Å²) >= 11 is 0. The minimum absolute atomic E-state index is 0.112. The van der Waals surface area contributed by atoms with Gasteiger partial charge in [0.25, 0.3) is 5.91 Å². The van der Waals surface area contributed by atoms with E-state index in [-0.39, 0.29) is 5.56 Å². The molecule has 9 nitrogen and oxygen atoms in total. The number of alkyl halides is 3. The zero-order valence-corrected chi connectivity index (χ0v) is 22.2. The fourth-order valence-electron chi connectivity index (χ4n) is 4.21. The molecule has 0 bridgehead atoms. The Morgan fingerprint density at radius 1 is 1.02 bits per heavy atom. The van der Waals surface area contributed by atoms with Gasteiger partial charge in [0.05, 0.1) is 28.9 Å². The van der Waals surface area contributed by atoms with Gasteiger partial charge in [0.15, 0.2) is 0 Å². The maximum Gasteiger partial charge on any atom is 0.416 e. The molecule has 5 rings (SSSR count). The monoisotopic (exact) mass is 561 g/mol. The van der Waals surface area contributed by atoms with E-state index in [2.05, 4.69) is 25.6 Å². The number of imidazole rings is 1. The number of hydrogen-bond donors (Lipinski definition) is 3. The number of methoxy groups -OCH3 is 1. The zero-order valence-electron chi connectivity index (χ0n) is 22.2. The number of rotatable bonds is 9. The molecule has 0 saturated carbocycles. The highest BCUT2D eigenvalue weighted by molar-refractivity contribution is 6.04. The maximum absolute atomic E-state index is 13.2. The van der Waals surface area contributed by atoms with Crippen molar-refractivity contribution in [1.82, 2.24) is 19.9 Å². The summed E-state index contributed by atoms with van der Waals surface area (Å²) in [7, 11) is 1.61. The predicted molar refractivity (Wildman–Crippen MR) is 151 cm³/mol. The fraction of sp³-hybridized carbons (Fsp3) is 0.172. The fourth-order valence-corrected chi connectivity index (χ4v) is 4.21. The summed E-state index contributed by atoms with van der Waals surface area (Å²) in [6, 6.07) is 18.8. The number of carbonyl (C=O) groups is 1. The summed E-state index contributed by atoms with van der Waals surface area (Å²) in [4.78, 5) is 31.6. The lowest BCUT2D eigenvalue weighted by atomic mass is 10.1. The second-order valence-corrected chi connectivity index (χ2v) is 9.13. The normalized spacial score (nSPS) is 11.4. The largest absolute Gasteiger partial charge is 0.416 e. The molecule has 2 heterocycles. The zero-order chi connectivity index (χ0) is 29.0. The Morgan fingerprint density at radius 3 is 2.63 bits per heavy atom. The van der Waals surface area contributed by atoms with Gasteiger partial charge in [0.1, 0.15) is 18.0 Å². The van der Waals surface area contributed by atoms with Crippen LogP contribution in [0.4, 0.5) is 42.1 Å². The molecular formula is C29H26F3N7O2. The maximum atomic E-state index is 13.2. The van der Waals surface area contributed by atoms with E-state index in [9.17, 15) is 18.0 Å². The van der Waals surface area contributed by atoms with Crippen LogP contribution in [0, 0.1) is 6.92 Å². The van der Waals surface area contributed by atoms with E-state index in [0.29, 0.717) is 42.1 Å². The van der Waals surface area contributed by atoms with Gasteiger partial charge in [-0.25, -0.2) is 15.0 Å². The van der Waals surface area contributed by atoms with E-state index in [1.54, 1.807) is 36.3 Å². The Kier molecular flexibility index (Phi) is 7.83. The van der Waals surface area contributed by atoms with Gasteiger partial charge in [0, 0.05) is 31.0 Å². The number of halogens is 3. The first-order valence-electron chi connectivity index (χ1n) is 12.6. The van der Waals surface area contributed by atoms with Crippen LogP contribution in [0.5, 0.6) is 0 Å². The number of aromatic nitrogens is 4. The van der Waals surface area contributed by atoms with Gasteiger partial charge < -0.3 is 20.4 Å². The number of aromatic amines is 1. The highest BCUT2D eigenvalue weighted by Crippen LogP contribution is 2.37. The van der Waals surface area contributed by atoms with Crippen LogP contribution in [-0.2, 0) is 10.9 Å². The number of fused-ring (bicyclic) bond motifs is 1. The van der Waals surface area contributed by atoms with Crippen LogP contribution in [0.1, 0.15) is 21.5 Å². The van der Waals surface area contributed by atoms with Crippen molar-refractivity contribution < 1.29 is 22.7 Å². The Bertz CT molecular complexity index is 1650. The molecule has 5 aromatic rings. The predicted octanol–water partition coefficient (Wildman–Crippen LogP) is 6.46. The number of aryl methyl sites for hydroxylation is 1. The number of nitrogens with zero attached hydrogens (tertiary/aromatic N) is 4. The van der Waals surface area contributed by atoms with Gasteiger partial charge in [-0.15, -0.1) is 0 Å². The van der Waals surface area contributed by atoms with Gasteiger partial charge >= 0.3 is 6.18 Å². The third-order valence-corrected chi connectivity index (χ3v) is 6.24. The second-order valence-electron chi connectivity index (χ2n) is 9.13. The van der Waals surface area contributed by atoms with E-state index in [0.717, 1.165) is 28.7 Å². The van der Waals surface area contributed by atoms with E-state index < -0.39 is 17.6 Å². The van der Waals surface area contributed by atoms with Gasteiger partial charge in [-0.3, -0.25) is 9.69 Å². The molecule has 1 amide bonds. The molecule has 0 fully saturated rings. The number of carbonyl (C=O) groups excluding carboxylic acids is 1. The smallest absolute Gasteiger partial charge is 0.383 e. The molecule has 3 aromatic carbocycles. The molecule has 2 aromatic heterocycles. The summed E-state index contributed by atoms with van der Waals surface area (Å²) in [5.74, 6) is 0.855. The number of benzene rings is 3. The molecule has 0 aliphatic carbocycles. The molecule has 0 aliphatic rings. The van der Waals surface area contributed by atoms with Crippen molar-refractivity contribution in [3.05, 3.63) is 95.8 Å². The van der Waals surface area contributed by atoms with E-state index >= 15 is 0 Å². The highest BCUT2D eigenvalue weighted by atomic mass is 19.4. The van der Waals surface area contributed by atoms with Gasteiger partial charge in [0.2, 0.25) is 5.95 Å². The van der Waals surface area contributed by atoms with Crippen molar-refractivity contribution in [3.8, 4) is 0 Å². The van der Waals surface area contributed by atoms with Crippen molar-refractivity contribution in [2.45, 2.75) is 13.1 Å². The molecule has 210 valence electrons. The minimum Gasteiger partial charge on any atom is -0.383 e. The molecule has 0 spiro atoms. The SMILES string of the molecule is COCCNc1cc(N(c2nc3ccccc3[nH]2)c2cc(NC(=O)c3cccc(C(F)(F)F)c3)ccc2C)ncn1. The van der Waals surface area contributed by atoms with Gasteiger partial charge in [-0.1, -0.05) is 24.3 Å². The van der Waals surface area contributed by atoms with Crippen LogP contribution >= 0.6 is 0 Å². The second kappa shape index (κ2) is 11.6. The number of para-hydroxylation sites is 2. The Hall–Kier alpha value is -4.97. The van der Waals surface area contributed by atoms with Crippen LogP contribution in [0.2, 0.25) is 0 Å². The first kappa shape index (κ1) is 27.6. The molecule has 0 atom stereocenters. The molecule has 3 N–H and O–H groups in total. The molecule has 0 aliphatic heterocycles. The first-order chi connectivity index (χ1) is 19.7. The third-order valence-electron chi connectivity index (χ3n) is 6.24. The number of ether oxygens (including phenoxy) is 1. The summed E-state index contributed by atoms with van der Waals surface area (Å²) in [5.41, 5.74) is 2.38. The lowest BCUT2D eigenvalue weighted by Crippen LogP contribution is -2.17.